The molecule has 15 atom stereocenters. The zero-order valence-corrected chi connectivity index (χ0v) is 21.2. The minimum atomic E-state index is -1.89. The van der Waals surface area contributed by atoms with E-state index in [2.05, 4.69) is 0 Å². The molecule has 0 aromatic carbocycles. The van der Waals surface area contributed by atoms with Gasteiger partial charge in [0, 0.05) is 0 Å². The van der Waals surface area contributed by atoms with Crippen molar-refractivity contribution in [3.05, 3.63) is 0 Å². The summed E-state index contributed by atoms with van der Waals surface area (Å²) in [5.74, 6) is 0. The molecule has 3 fully saturated rings. The minimum absolute atomic E-state index is 0.684. The number of aliphatic hydroxyl groups is 10. The zero-order chi connectivity index (χ0) is 28.5. The molecule has 0 bridgehead atoms. The largest absolute Gasteiger partial charge is 0.394 e. The van der Waals surface area contributed by atoms with Gasteiger partial charge in [0.1, 0.15) is 73.2 Å². The van der Waals surface area contributed by atoms with Gasteiger partial charge in [-0.1, -0.05) is 0 Å². The third-order valence-corrected chi connectivity index (χ3v) is 6.54. The average molecular weight is 561 g/mol. The number of hydrogen-bond acceptors (Lipinski definition) is 16. The van der Waals surface area contributed by atoms with Gasteiger partial charge in [0.2, 0.25) is 0 Å². The highest BCUT2D eigenvalue weighted by molar-refractivity contribution is 4.96. The fraction of sp³-hybridized carbons (Fsp3) is 1.00. The maximum Gasteiger partial charge on any atom is 0.187 e. The van der Waals surface area contributed by atoms with Crippen LogP contribution in [0.25, 0.3) is 0 Å². The molecule has 3 heterocycles. The van der Waals surface area contributed by atoms with Crippen molar-refractivity contribution in [3.8, 4) is 0 Å². The Kier molecular flexibility index (Phi) is 10.8. The van der Waals surface area contributed by atoms with Gasteiger partial charge in [-0.3, -0.25) is 0 Å². The maximum absolute atomic E-state index is 10.8. The second kappa shape index (κ2) is 12.9. The van der Waals surface area contributed by atoms with E-state index in [9.17, 15) is 51.1 Å². The third kappa shape index (κ3) is 6.80. The first-order valence-electron chi connectivity index (χ1n) is 12.3. The summed E-state index contributed by atoms with van der Waals surface area (Å²) in [6.45, 7) is 2.85. The first-order chi connectivity index (χ1) is 17.7. The topological polar surface area (TPSA) is 258 Å². The first-order valence-corrected chi connectivity index (χ1v) is 12.3. The molecule has 0 aromatic heterocycles. The van der Waals surface area contributed by atoms with Crippen LogP contribution < -0.4 is 0 Å². The lowest BCUT2D eigenvalue weighted by Gasteiger charge is -2.48. The molecule has 38 heavy (non-hydrogen) atoms. The normalized spacial score (nSPS) is 48.7. The van der Waals surface area contributed by atoms with Crippen LogP contribution in [-0.4, -0.2) is 169 Å². The summed E-state index contributed by atoms with van der Waals surface area (Å²) in [5.41, 5.74) is -0.768. The Hall–Kier alpha value is -0.640. The van der Waals surface area contributed by atoms with E-state index in [0.717, 1.165) is 0 Å². The molecule has 0 aliphatic carbocycles. The molecule has 224 valence electrons. The molecule has 0 aromatic rings. The third-order valence-electron chi connectivity index (χ3n) is 6.54. The highest BCUT2D eigenvalue weighted by Crippen LogP contribution is 2.33. The molecular formula is C22H40O16. The predicted octanol–water partition coefficient (Wildman–Crippen LogP) is -5.75. The monoisotopic (exact) mass is 560 g/mol. The van der Waals surface area contributed by atoms with Crippen molar-refractivity contribution >= 4 is 0 Å². The Morgan fingerprint density at radius 2 is 0.868 bits per heavy atom. The summed E-state index contributed by atoms with van der Waals surface area (Å²) in [4.78, 5) is 0. The van der Waals surface area contributed by atoms with E-state index in [1.165, 1.54) is 0 Å². The van der Waals surface area contributed by atoms with Crippen LogP contribution in [0.4, 0.5) is 0 Å². The molecule has 0 saturated carbocycles. The lowest BCUT2D eigenvalue weighted by Crippen LogP contribution is -2.66. The van der Waals surface area contributed by atoms with Crippen molar-refractivity contribution in [2.24, 2.45) is 0 Å². The Balaban J connectivity index is 1.71. The number of rotatable bonds is 8. The standard InChI is InChI=1S/C22H40O16/c1-22(2,3)38-21-16(32)13(29)18(9(6-25)35-21)37-20-15(31)12(28)17(8(5-24)34-20)36-19-14(30)11(27)10(26)7(4-23)33-19/h7-21,23-32H,4-6H2,1-3H3/t7?,8?,9?,10-,11+,12-,13-,14?,15?,16?,17-,18-,19-,20-,21+/m1/s1. The molecule has 0 spiro atoms. The second-order valence-corrected chi connectivity index (χ2v) is 10.5. The molecule has 16 heteroatoms. The van der Waals surface area contributed by atoms with Crippen LogP contribution >= 0.6 is 0 Å². The summed E-state index contributed by atoms with van der Waals surface area (Å²) in [5, 5.41) is 102. The summed E-state index contributed by atoms with van der Waals surface area (Å²) >= 11 is 0. The molecule has 16 nitrogen and oxygen atoms in total. The van der Waals surface area contributed by atoms with Crippen molar-refractivity contribution < 1.29 is 79.5 Å². The van der Waals surface area contributed by atoms with Crippen LogP contribution in [0.5, 0.6) is 0 Å². The van der Waals surface area contributed by atoms with Gasteiger partial charge in [0.05, 0.1) is 25.4 Å². The van der Waals surface area contributed by atoms with E-state index in [1.54, 1.807) is 20.8 Å². The van der Waals surface area contributed by atoms with E-state index in [0.29, 0.717) is 0 Å². The van der Waals surface area contributed by atoms with Crippen molar-refractivity contribution in [2.75, 3.05) is 19.8 Å². The van der Waals surface area contributed by atoms with Crippen LogP contribution in [0.1, 0.15) is 20.8 Å². The average Bonchev–Trinajstić information content (AvgIpc) is 2.86. The summed E-state index contributed by atoms with van der Waals surface area (Å²) in [6.07, 6.45) is -24.0. The molecule has 3 rings (SSSR count). The van der Waals surface area contributed by atoms with Crippen molar-refractivity contribution in [1.29, 1.82) is 0 Å². The Bertz CT molecular complexity index is 731. The van der Waals surface area contributed by atoms with Gasteiger partial charge in [-0.2, -0.15) is 0 Å². The van der Waals surface area contributed by atoms with Gasteiger partial charge < -0.3 is 79.5 Å². The van der Waals surface area contributed by atoms with Crippen LogP contribution in [0.3, 0.4) is 0 Å². The van der Waals surface area contributed by atoms with E-state index in [1.807, 2.05) is 0 Å². The SMILES string of the molecule is CC(C)(C)O[C@@H]1OC(CO)[C@@H](O[C@H]2OC(CO)[C@@H](O[C@H]3OC(CO)[C@@H](O)[C@H](O)C3O)[C@H](O)C2O)[C@H](O)C1O. The van der Waals surface area contributed by atoms with Gasteiger partial charge in [-0.25, -0.2) is 0 Å². The molecule has 10 N–H and O–H groups in total. The first kappa shape index (κ1) is 31.9. The van der Waals surface area contributed by atoms with Crippen LogP contribution in [0.2, 0.25) is 0 Å². The van der Waals surface area contributed by atoms with Crippen LogP contribution in [-0.2, 0) is 28.4 Å². The lowest BCUT2D eigenvalue weighted by molar-refractivity contribution is -0.382. The van der Waals surface area contributed by atoms with E-state index >= 15 is 0 Å². The number of ether oxygens (including phenoxy) is 6. The quantitative estimate of drug-likeness (QED) is 0.133. The fourth-order valence-electron chi connectivity index (χ4n) is 4.49. The van der Waals surface area contributed by atoms with Gasteiger partial charge in [-0.15, -0.1) is 0 Å². The van der Waals surface area contributed by atoms with Gasteiger partial charge >= 0.3 is 0 Å². The molecule has 3 saturated heterocycles. The molecule has 3 aliphatic rings. The smallest absolute Gasteiger partial charge is 0.187 e. The fourth-order valence-corrected chi connectivity index (χ4v) is 4.49. The highest BCUT2D eigenvalue weighted by Gasteiger charge is 2.53. The summed E-state index contributed by atoms with van der Waals surface area (Å²) in [7, 11) is 0. The molecular weight excluding hydrogens is 520 g/mol. The summed E-state index contributed by atoms with van der Waals surface area (Å²) < 4.78 is 33.0. The number of aliphatic hydroxyl groups excluding tert-OH is 10. The second-order valence-electron chi connectivity index (χ2n) is 10.5. The molecule has 6 unspecified atom stereocenters. The lowest BCUT2D eigenvalue weighted by atomic mass is 9.96. The van der Waals surface area contributed by atoms with E-state index in [4.69, 9.17) is 28.4 Å². The minimum Gasteiger partial charge on any atom is -0.394 e. The molecule has 3 aliphatic heterocycles. The van der Waals surface area contributed by atoms with Crippen LogP contribution in [0.15, 0.2) is 0 Å². The zero-order valence-electron chi connectivity index (χ0n) is 21.2. The van der Waals surface area contributed by atoms with Crippen molar-refractivity contribution in [2.45, 2.75) is 118 Å². The van der Waals surface area contributed by atoms with Crippen molar-refractivity contribution in [1.82, 2.24) is 0 Å². The predicted molar refractivity (Wildman–Crippen MR) is 120 cm³/mol. The highest BCUT2D eigenvalue weighted by atomic mass is 16.8. The van der Waals surface area contributed by atoms with Gasteiger partial charge in [-0.05, 0) is 20.8 Å². The Morgan fingerprint density at radius 1 is 0.500 bits per heavy atom. The Labute approximate surface area is 218 Å². The maximum atomic E-state index is 10.8. The van der Waals surface area contributed by atoms with E-state index < -0.39 is 118 Å². The van der Waals surface area contributed by atoms with Crippen molar-refractivity contribution in [3.63, 3.8) is 0 Å². The Morgan fingerprint density at radius 3 is 1.29 bits per heavy atom. The molecule has 0 radical (unpaired) electrons. The molecule has 0 amide bonds. The van der Waals surface area contributed by atoms with Gasteiger partial charge in [0.25, 0.3) is 0 Å². The van der Waals surface area contributed by atoms with E-state index in [-0.39, 0.29) is 0 Å². The van der Waals surface area contributed by atoms with Crippen LogP contribution in [0, 0.1) is 0 Å². The van der Waals surface area contributed by atoms with Gasteiger partial charge in [0.15, 0.2) is 18.9 Å². The summed E-state index contributed by atoms with van der Waals surface area (Å²) in [6, 6.07) is 0. The number of hydrogen-bond donors (Lipinski definition) is 10.